The first-order valence-corrected chi connectivity index (χ1v) is 6.72. The van der Waals surface area contributed by atoms with Gasteiger partial charge in [0.2, 0.25) is 0 Å². The van der Waals surface area contributed by atoms with E-state index in [0.29, 0.717) is 5.92 Å². The quantitative estimate of drug-likeness (QED) is 0.721. The van der Waals surface area contributed by atoms with Gasteiger partial charge in [0.25, 0.3) is 0 Å². The first-order valence-electron chi connectivity index (χ1n) is 4.77. The molecule has 14 heavy (non-hydrogen) atoms. The molecule has 1 heterocycles. The zero-order chi connectivity index (χ0) is 10.8. The maximum Gasteiger partial charge on any atom is 0.165 e. The Morgan fingerprint density at radius 3 is 2.64 bits per heavy atom. The van der Waals surface area contributed by atoms with Crippen LogP contribution >= 0.6 is 0 Å². The summed E-state index contributed by atoms with van der Waals surface area (Å²) in [6.45, 7) is 2.89. The maximum atomic E-state index is 11.3. The summed E-state index contributed by atoms with van der Waals surface area (Å²) in [6, 6.07) is 1.69. The van der Waals surface area contributed by atoms with E-state index in [0.717, 1.165) is 25.6 Å². The lowest BCUT2D eigenvalue weighted by molar-refractivity contribution is 0.323. The smallest absolute Gasteiger partial charge is 0.165 e. The highest BCUT2D eigenvalue weighted by atomic mass is 32.2. The molecule has 1 aliphatic rings. The molecule has 0 saturated carbocycles. The summed E-state index contributed by atoms with van der Waals surface area (Å²) in [5.74, 6) is 0.499. The van der Waals surface area contributed by atoms with Crippen LogP contribution in [0.2, 0.25) is 0 Å². The topological polar surface area (TPSA) is 70.0 Å². The van der Waals surface area contributed by atoms with E-state index in [1.54, 1.807) is 0 Å². The van der Waals surface area contributed by atoms with Crippen molar-refractivity contribution in [3.8, 4) is 6.07 Å². The van der Waals surface area contributed by atoms with E-state index in [1.165, 1.54) is 0 Å². The third-order valence-corrected chi connectivity index (χ3v) is 4.01. The van der Waals surface area contributed by atoms with E-state index >= 15 is 0 Å². The SMILES string of the molecule is CC1CCNC(C(C#N)S(C)(=O)=O)C1. The van der Waals surface area contributed by atoms with Gasteiger partial charge in [-0.25, -0.2) is 8.42 Å². The van der Waals surface area contributed by atoms with Crippen molar-refractivity contribution in [2.75, 3.05) is 12.8 Å². The van der Waals surface area contributed by atoms with Crippen molar-refractivity contribution in [1.29, 1.82) is 5.26 Å². The second kappa shape index (κ2) is 4.28. The van der Waals surface area contributed by atoms with Crippen LogP contribution in [0.3, 0.4) is 0 Å². The summed E-state index contributed by atoms with van der Waals surface area (Å²) in [4.78, 5) is 0. The first-order chi connectivity index (χ1) is 6.45. The number of hydrogen-bond donors (Lipinski definition) is 1. The predicted molar refractivity (Wildman–Crippen MR) is 54.4 cm³/mol. The van der Waals surface area contributed by atoms with Gasteiger partial charge < -0.3 is 5.32 Å². The number of piperidine rings is 1. The molecule has 1 N–H and O–H groups in total. The molecule has 1 rings (SSSR count). The third-order valence-electron chi connectivity index (χ3n) is 2.65. The second-order valence-corrected chi connectivity index (χ2v) is 6.24. The summed E-state index contributed by atoms with van der Waals surface area (Å²) in [7, 11) is -3.26. The summed E-state index contributed by atoms with van der Waals surface area (Å²) >= 11 is 0. The van der Waals surface area contributed by atoms with Crippen molar-refractivity contribution in [2.24, 2.45) is 5.92 Å². The Morgan fingerprint density at radius 2 is 2.21 bits per heavy atom. The van der Waals surface area contributed by atoms with Gasteiger partial charge in [0.05, 0.1) is 6.07 Å². The molecule has 80 valence electrons. The molecule has 4 nitrogen and oxygen atoms in total. The molecule has 1 aliphatic heterocycles. The normalized spacial score (nSPS) is 30.6. The molecule has 0 aliphatic carbocycles. The van der Waals surface area contributed by atoms with Crippen LogP contribution in [-0.2, 0) is 9.84 Å². The van der Waals surface area contributed by atoms with Gasteiger partial charge in [0.1, 0.15) is 0 Å². The van der Waals surface area contributed by atoms with Crippen LogP contribution in [0.25, 0.3) is 0 Å². The van der Waals surface area contributed by atoms with Crippen LogP contribution in [0, 0.1) is 17.2 Å². The first kappa shape index (κ1) is 11.5. The van der Waals surface area contributed by atoms with Crippen LogP contribution in [0.15, 0.2) is 0 Å². The van der Waals surface area contributed by atoms with Crippen molar-refractivity contribution in [3.05, 3.63) is 0 Å². The molecule has 1 saturated heterocycles. The highest BCUT2D eigenvalue weighted by Crippen LogP contribution is 2.20. The van der Waals surface area contributed by atoms with Gasteiger partial charge in [-0.05, 0) is 25.3 Å². The Kier molecular flexibility index (Phi) is 3.51. The van der Waals surface area contributed by atoms with Crippen LogP contribution in [0.1, 0.15) is 19.8 Å². The van der Waals surface area contributed by atoms with E-state index < -0.39 is 15.1 Å². The molecule has 0 spiro atoms. The van der Waals surface area contributed by atoms with Crippen molar-refractivity contribution < 1.29 is 8.42 Å². The minimum Gasteiger partial charge on any atom is -0.312 e. The molecule has 3 unspecified atom stereocenters. The van der Waals surface area contributed by atoms with Gasteiger partial charge in [-0.1, -0.05) is 6.92 Å². The number of rotatable bonds is 2. The minimum atomic E-state index is -3.26. The van der Waals surface area contributed by atoms with E-state index in [9.17, 15) is 8.42 Å². The van der Waals surface area contributed by atoms with E-state index in [-0.39, 0.29) is 6.04 Å². The van der Waals surface area contributed by atoms with Crippen molar-refractivity contribution >= 4 is 9.84 Å². The van der Waals surface area contributed by atoms with Crippen LogP contribution in [0.4, 0.5) is 0 Å². The molecule has 0 aromatic rings. The molecule has 0 aromatic heterocycles. The minimum absolute atomic E-state index is 0.196. The summed E-state index contributed by atoms with van der Waals surface area (Å²) in [5.41, 5.74) is 0. The van der Waals surface area contributed by atoms with E-state index in [2.05, 4.69) is 12.2 Å². The van der Waals surface area contributed by atoms with Crippen molar-refractivity contribution in [2.45, 2.75) is 31.1 Å². The average molecular weight is 216 g/mol. The van der Waals surface area contributed by atoms with Crippen LogP contribution < -0.4 is 5.32 Å². The largest absolute Gasteiger partial charge is 0.312 e. The Morgan fingerprint density at radius 1 is 1.57 bits per heavy atom. The lowest BCUT2D eigenvalue weighted by Gasteiger charge is -2.30. The second-order valence-electron chi connectivity index (χ2n) is 4.07. The van der Waals surface area contributed by atoms with Crippen LogP contribution in [-0.4, -0.2) is 32.5 Å². The van der Waals surface area contributed by atoms with E-state index in [1.807, 2.05) is 6.07 Å². The van der Waals surface area contributed by atoms with E-state index in [4.69, 9.17) is 5.26 Å². The number of nitrogens with one attached hydrogen (secondary N) is 1. The molecule has 0 radical (unpaired) electrons. The lowest BCUT2D eigenvalue weighted by atomic mass is 9.93. The molecule has 0 amide bonds. The molecule has 1 fully saturated rings. The lowest BCUT2D eigenvalue weighted by Crippen LogP contribution is -2.47. The molecule has 0 bridgehead atoms. The standard InChI is InChI=1S/C9H16N2O2S/c1-7-3-4-11-8(5-7)9(6-10)14(2,12)13/h7-9,11H,3-5H2,1-2H3. The van der Waals surface area contributed by atoms with Gasteiger partial charge in [-0.3, -0.25) is 0 Å². The summed E-state index contributed by atoms with van der Waals surface area (Å²) < 4.78 is 22.6. The summed E-state index contributed by atoms with van der Waals surface area (Å²) in [5, 5.41) is 11.0. The highest BCUT2D eigenvalue weighted by Gasteiger charge is 2.32. The zero-order valence-corrected chi connectivity index (χ0v) is 9.34. The molecule has 5 heteroatoms. The Balaban J connectivity index is 2.76. The van der Waals surface area contributed by atoms with Crippen molar-refractivity contribution in [3.63, 3.8) is 0 Å². The summed E-state index contributed by atoms with van der Waals surface area (Å²) in [6.07, 6.45) is 2.95. The fraction of sp³-hybridized carbons (Fsp3) is 0.889. The Bertz CT molecular complexity index is 331. The molecule has 3 atom stereocenters. The van der Waals surface area contributed by atoms with Gasteiger partial charge in [0.15, 0.2) is 15.1 Å². The number of nitrogens with zero attached hydrogens (tertiary/aromatic N) is 1. The monoisotopic (exact) mass is 216 g/mol. The number of nitriles is 1. The molecule has 0 aromatic carbocycles. The van der Waals surface area contributed by atoms with Crippen molar-refractivity contribution in [1.82, 2.24) is 5.32 Å². The average Bonchev–Trinajstić information content (AvgIpc) is 2.02. The van der Waals surface area contributed by atoms with Gasteiger partial charge in [-0.2, -0.15) is 5.26 Å². The Hall–Kier alpha value is -0.600. The number of hydrogen-bond acceptors (Lipinski definition) is 4. The molecular weight excluding hydrogens is 200 g/mol. The van der Waals surface area contributed by atoms with Gasteiger partial charge in [0, 0.05) is 12.3 Å². The fourth-order valence-corrected chi connectivity index (χ4v) is 2.86. The third kappa shape index (κ3) is 2.69. The maximum absolute atomic E-state index is 11.3. The fourth-order valence-electron chi connectivity index (χ4n) is 1.86. The Labute approximate surface area is 85.2 Å². The predicted octanol–water partition coefficient (Wildman–Crippen LogP) is 0.311. The van der Waals surface area contributed by atoms with Gasteiger partial charge in [-0.15, -0.1) is 0 Å². The zero-order valence-electron chi connectivity index (χ0n) is 8.53. The van der Waals surface area contributed by atoms with Gasteiger partial charge >= 0.3 is 0 Å². The van der Waals surface area contributed by atoms with Crippen LogP contribution in [0.5, 0.6) is 0 Å². The number of sulfone groups is 1. The molecular formula is C9H16N2O2S. The highest BCUT2D eigenvalue weighted by molar-refractivity contribution is 7.91.